The Morgan fingerprint density at radius 1 is 1.00 bits per heavy atom. The van der Waals surface area contributed by atoms with Crippen molar-refractivity contribution in [2.45, 2.75) is 44.4 Å². The van der Waals surface area contributed by atoms with E-state index in [-0.39, 0.29) is 6.61 Å². The summed E-state index contributed by atoms with van der Waals surface area (Å²) in [6, 6.07) is -1.15. The fourth-order valence-corrected chi connectivity index (χ4v) is 3.06. The summed E-state index contributed by atoms with van der Waals surface area (Å²) in [5.41, 5.74) is 8.82. The molecule has 0 aromatic carbocycles. The maximum absolute atomic E-state index is 11.2. The number of esters is 1. The molecular formula is C14H19N3O9. The fourth-order valence-electron chi connectivity index (χ4n) is 3.06. The van der Waals surface area contributed by atoms with Gasteiger partial charge in [0.15, 0.2) is 0 Å². The average molecular weight is 373 g/mol. The number of carboxylic acids is 3. The first-order valence-corrected chi connectivity index (χ1v) is 7.64. The number of nitrogens with zero attached hydrogens (tertiary/aromatic N) is 3. The Morgan fingerprint density at radius 3 is 1.92 bits per heavy atom. The van der Waals surface area contributed by atoms with Crippen molar-refractivity contribution in [1.29, 1.82) is 0 Å². The van der Waals surface area contributed by atoms with Crippen molar-refractivity contribution >= 4 is 23.9 Å². The number of aliphatic carboxylic acids is 3. The zero-order chi connectivity index (χ0) is 19.9. The summed E-state index contributed by atoms with van der Waals surface area (Å²) in [5, 5.41) is 30.8. The molecule has 1 aliphatic heterocycles. The summed E-state index contributed by atoms with van der Waals surface area (Å²) in [6.07, 6.45) is -3.89. The highest BCUT2D eigenvalue weighted by Crippen LogP contribution is 2.38. The molecule has 0 aromatic heterocycles. The van der Waals surface area contributed by atoms with E-state index in [0.29, 0.717) is 0 Å². The van der Waals surface area contributed by atoms with E-state index in [1.54, 1.807) is 0 Å². The van der Waals surface area contributed by atoms with E-state index in [9.17, 15) is 19.2 Å². The van der Waals surface area contributed by atoms with Crippen LogP contribution in [-0.2, 0) is 28.7 Å². The third-order valence-corrected chi connectivity index (χ3v) is 4.01. The van der Waals surface area contributed by atoms with E-state index < -0.39 is 73.2 Å². The normalized spacial score (nSPS) is 27.8. The lowest BCUT2D eigenvalue weighted by Crippen LogP contribution is -2.53. The molecule has 1 heterocycles. The minimum Gasteiger partial charge on any atom is -0.481 e. The predicted octanol–water partition coefficient (Wildman–Crippen LogP) is 0.652. The Balaban J connectivity index is 3.27. The second kappa shape index (κ2) is 9.59. The van der Waals surface area contributed by atoms with Gasteiger partial charge >= 0.3 is 23.9 Å². The number of hydrogen-bond acceptors (Lipinski definition) is 7. The van der Waals surface area contributed by atoms with Crippen LogP contribution in [0.5, 0.6) is 0 Å². The second-order valence-electron chi connectivity index (χ2n) is 5.83. The first kappa shape index (κ1) is 21.2. The molecule has 12 nitrogen and oxygen atoms in total. The van der Waals surface area contributed by atoms with Crippen LogP contribution in [0.25, 0.3) is 10.4 Å². The summed E-state index contributed by atoms with van der Waals surface area (Å²) in [6.45, 7) is 0.753. The highest BCUT2D eigenvalue weighted by Gasteiger charge is 2.47. The first-order valence-electron chi connectivity index (χ1n) is 7.64. The molecule has 12 heteroatoms. The van der Waals surface area contributed by atoms with E-state index in [1.165, 1.54) is 0 Å². The summed E-state index contributed by atoms with van der Waals surface area (Å²) in [5.74, 6) is -6.50. The van der Waals surface area contributed by atoms with Gasteiger partial charge in [0.2, 0.25) is 0 Å². The maximum atomic E-state index is 11.2. The average Bonchev–Trinajstić information content (AvgIpc) is 2.50. The molecule has 1 rings (SSSR count). The quantitative estimate of drug-likeness (QED) is 0.225. The topological polar surface area (TPSA) is 196 Å². The number of hydrogen-bond donors (Lipinski definition) is 3. The molecule has 26 heavy (non-hydrogen) atoms. The van der Waals surface area contributed by atoms with Gasteiger partial charge in [0.1, 0.15) is 6.61 Å². The summed E-state index contributed by atoms with van der Waals surface area (Å²) in [4.78, 5) is 47.1. The van der Waals surface area contributed by atoms with Crippen LogP contribution in [0.3, 0.4) is 0 Å². The van der Waals surface area contributed by atoms with E-state index >= 15 is 0 Å². The molecule has 0 radical (unpaired) electrons. The van der Waals surface area contributed by atoms with Crippen molar-refractivity contribution in [2.75, 3.05) is 6.61 Å². The molecule has 0 saturated carbocycles. The zero-order valence-corrected chi connectivity index (χ0v) is 13.8. The molecule has 0 amide bonds. The Hall–Kier alpha value is -2.85. The Kier molecular flexibility index (Phi) is 7.81. The van der Waals surface area contributed by atoms with Crippen LogP contribution in [-0.4, -0.2) is 64.1 Å². The lowest BCUT2D eigenvalue weighted by Gasteiger charge is -2.44. The Morgan fingerprint density at radius 2 is 1.50 bits per heavy atom. The van der Waals surface area contributed by atoms with Crippen LogP contribution < -0.4 is 0 Å². The van der Waals surface area contributed by atoms with Gasteiger partial charge in [-0.05, 0) is 5.53 Å². The third kappa shape index (κ3) is 6.22. The molecule has 144 valence electrons. The number of rotatable bonds is 9. The standard InChI is InChI=1S/C14H19N3O9/c1-6(18)25-5-10-8(3-12(21)22)14(16-17-15)7(2-11(19)20)9(26-10)4-13(23)24/h7-10,14H,2-5H2,1H3,(H,19,20)(H,21,22)(H,23,24). The van der Waals surface area contributed by atoms with Gasteiger partial charge in [-0.2, -0.15) is 0 Å². The van der Waals surface area contributed by atoms with Crippen molar-refractivity contribution in [2.24, 2.45) is 17.0 Å². The highest BCUT2D eigenvalue weighted by molar-refractivity contribution is 5.70. The first-order chi connectivity index (χ1) is 12.1. The van der Waals surface area contributed by atoms with Gasteiger partial charge in [0, 0.05) is 29.7 Å². The number of carbonyl (C=O) groups is 4. The minimum absolute atomic E-state index is 0.374. The van der Waals surface area contributed by atoms with Crippen LogP contribution >= 0.6 is 0 Å². The van der Waals surface area contributed by atoms with E-state index in [2.05, 4.69) is 10.0 Å². The molecule has 1 saturated heterocycles. The van der Waals surface area contributed by atoms with Crippen LogP contribution in [0.1, 0.15) is 26.2 Å². The second-order valence-corrected chi connectivity index (χ2v) is 5.83. The molecule has 3 N–H and O–H groups in total. The molecule has 1 fully saturated rings. The summed E-state index contributed by atoms with van der Waals surface area (Å²) >= 11 is 0. The smallest absolute Gasteiger partial charge is 0.305 e. The Labute approximate surface area is 147 Å². The maximum Gasteiger partial charge on any atom is 0.305 e. The molecule has 0 aromatic rings. The van der Waals surface area contributed by atoms with Gasteiger partial charge < -0.3 is 24.8 Å². The van der Waals surface area contributed by atoms with E-state index in [4.69, 9.17) is 30.3 Å². The molecule has 0 aliphatic carbocycles. The lowest BCUT2D eigenvalue weighted by molar-refractivity contribution is -0.179. The van der Waals surface area contributed by atoms with Crippen LogP contribution in [0.15, 0.2) is 5.11 Å². The molecule has 1 aliphatic rings. The summed E-state index contributed by atoms with van der Waals surface area (Å²) in [7, 11) is 0. The van der Waals surface area contributed by atoms with Gasteiger partial charge in [-0.25, -0.2) is 0 Å². The van der Waals surface area contributed by atoms with E-state index in [0.717, 1.165) is 6.92 Å². The van der Waals surface area contributed by atoms with Crippen molar-refractivity contribution in [3.63, 3.8) is 0 Å². The summed E-state index contributed by atoms with van der Waals surface area (Å²) < 4.78 is 10.4. The number of carbonyl (C=O) groups excluding carboxylic acids is 1. The van der Waals surface area contributed by atoms with Crippen molar-refractivity contribution in [3.8, 4) is 0 Å². The van der Waals surface area contributed by atoms with Crippen molar-refractivity contribution in [1.82, 2.24) is 0 Å². The van der Waals surface area contributed by atoms with Crippen molar-refractivity contribution in [3.05, 3.63) is 10.4 Å². The van der Waals surface area contributed by atoms with Gasteiger partial charge in [0.05, 0.1) is 31.5 Å². The van der Waals surface area contributed by atoms with Gasteiger partial charge in [-0.3, -0.25) is 19.2 Å². The predicted molar refractivity (Wildman–Crippen MR) is 82.0 cm³/mol. The number of ether oxygens (including phenoxy) is 2. The third-order valence-electron chi connectivity index (χ3n) is 4.01. The SMILES string of the molecule is CC(=O)OCC1OC(CC(=O)O)C(CC(=O)O)C(N=[N+]=[N-])C1CC(=O)O. The monoisotopic (exact) mass is 373 g/mol. The minimum atomic E-state index is -1.28. The number of azide groups is 1. The largest absolute Gasteiger partial charge is 0.481 e. The van der Waals surface area contributed by atoms with E-state index in [1.807, 2.05) is 0 Å². The number of carboxylic acid groups (broad SMARTS) is 3. The highest BCUT2D eigenvalue weighted by atomic mass is 16.6. The van der Waals surface area contributed by atoms with Gasteiger partial charge in [-0.15, -0.1) is 0 Å². The Bertz CT molecular complexity index is 617. The van der Waals surface area contributed by atoms with Crippen molar-refractivity contribution < 1.29 is 44.0 Å². The molecule has 0 bridgehead atoms. The molecule has 0 spiro atoms. The van der Waals surface area contributed by atoms with Gasteiger partial charge in [-0.1, -0.05) is 5.11 Å². The van der Waals surface area contributed by atoms with Crippen LogP contribution in [0.2, 0.25) is 0 Å². The molecule has 5 unspecified atom stereocenters. The molecule has 5 atom stereocenters. The molecular weight excluding hydrogens is 354 g/mol. The zero-order valence-electron chi connectivity index (χ0n) is 13.8. The lowest BCUT2D eigenvalue weighted by atomic mass is 9.75. The van der Waals surface area contributed by atoms with Gasteiger partial charge in [0.25, 0.3) is 0 Å². The van der Waals surface area contributed by atoms with Crippen LogP contribution in [0, 0.1) is 11.8 Å². The van der Waals surface area contributed by atoms with Crippen LogP contribution in [0.4, 0.5) is 0 Å². The fraction of sp³-hybridized carbons (Fsp3) is 0.714.